The van der Waals surface area contributed by atoms with Crippen molar-refractivity contribution in [1.82, 2.24) is 10.2 Å². The van der Waals surface area contributed by atoms with Crippen molar-refractivity contribution in [2.24, 2.45) is 0 Å². The number of hydrogen-bond acceptors (Lipinski definition) is 4. The molecule has 40 heavy (non-hydrogen) atoms. The maximum atomic E-state index is 14.1. The minimum absolute atomic E-state index is 0.0188. The molecule has 0 unspecified atom stereocenters. The highest BCUT2D eigenvalue weighted by molar-refractivity contribution is 7.92. The third kappa shape index (κ3) is 7.69. The van der Waals surface area contributed by atoms with Crippen molar-refractivity contribution in [3.63, 3.8) is 0 Å². The number of benzene rings is 3. The molecule has 7 nitrogen and oxygen atoms in total. The fraction of sp³-hybridized carbons (Fsp3) is 0.355. The normalized spacial score (nSPS) is 12.0. The van der Waals surface area contributed by atoms with Gasteiger partial charge in [0.1, 0.15) is 18.4 Å². The molecular formula is C31H38FN3O4S. The molecule has 0 aliphatic rings. The van der Waals surface area contributed by atoms with Crippen LogP contribution in [-0.4, -0.2) is 44.3 Å². The lowest BCUT2D eigenvalue weighted by molar-refractivity contribution is -0.140. The van der Waals surface area contributed by atoms with E-state index in [1.807, 2.05) is 19.9 Å². The van der Waals surface area contributed by atoms with E-state index in [0.717, 1.165) is 22.7 Å². The molecule has 0 fully saturated rings. The van der Waals surface area contributed by atoms with Gasteiger partial charge in [-0.25, -0.2) is 12.8 Å². The summed E-state index contributed by atoms with van der Waals surface area (Å²) in [4.78, 5) is 28.7. The number of aryl methyl sites for hydroxylation is 2. The predicted molar refractivity (Wildman–Crippen MR) is 156 cm³/mol. The summed E-state index contributed by atoms with van der Waals surface area (Å²) in [7, 11) is -4.13. The Kier molecular flexibility index (Phi) is 10.8. The maximum Gasteiger partial charge on any atom is 0.264 e. The number of carbonyl (C=O) groups is 2. The van der Waals surface area contributed by atoms with Crippen molar-refractivity contribution < 1.29 is 22.4 Å². The smallest absolute Gasteiger partial charge is 0.264 e. The highest BCUT2D eigenvalue weighted by Gasteiger charge is 2.34. The second-order valence-corrected chi connectivity index (χ2v) is 11.7. The molecule has 0 aliphatic carbocycles. The van der Waals surface area contributed by atoms with Crippen molar-refractivity contribution in [3.8, 4) is 0 Å². The van der Waals surface area contributed by atoms with E-state index in [0.29, 0.717) is 29.8 Å². The molecule has 3 aromatic rings. The first-order chi connectivity index (χ1) is 19.1. The first-order valence-corrected chi connectivity index (χ1v) is 15.0. The van der Waals surface area contributed by atoms with Gasteiger partial charge in [0.05, 0.1) is 10.6 Å². The SMILES string of the molecule is CCCCNC(=O)[C@@H](CC)N(Cc1ccc(F)cc1)C(=O)CN(c1ccc(C)cc1C)S(=O)(=O)c1ccccc1. The molecule has 0 radical (unpaired) electrons. The maximum absolute atomic E-state index is 14.1. The Hall–Kier alpha value is -3.72. The van der Waals surface area contributed by atoms with Gasteiger partial charge < -0.3 is 10.2 Å². The molecule has 1 atom stereocenters. The summed E-state index contributed by atoms with van der Waals surface area (Å²) >= 11 is 0. The zero-order valence-electron chi connectivity index (χ0n) is 23.6. The molecule has 0 aromatic heterocycles. The average Bonchev–Trinajstić information content (AvgIpc) is 2.93. The molecule has 2 amide bonds. The number of sulfonamides is 1. The average molecular weight is 568 g/mol. The lowest BCUT2D eigenvalue weighted by Gasteiger charge is -2.33. The molecule has 214 valence electrons. The summed E-state index contributed by atoms with van der Waals surface area (Å²) < 4.78 is 42.5. The predicted octanol–water partition coefficient (Wildman–Crippen LogP) is 5.36. The molecule has 0 aliphatic heterocycles. The van der Waals surface area contributed by atoms with Crippen LogP contribution in [0.15, 0.2) is 77.7 Å². The van der Waals surface area contributed by atoms with Crippen LogP contribution in [0.2, 0.25) is 0 Å². The minimum atomic E-state index is -4.13. The van der Waals surface area contributed by atoms with Crippen molar-refractivity contribution in [2.45, 2.75) is 64.4 Å². The van der Waals surface area contributed by atoms with E-state index in [9.17, 15) is 22.4 Å². The number of amides is 2. The Morgan fingerprint density at radius 1 is 0.950 bits per heavy atom. The van der Waals surface area contributed by atoms with Gasteiger partial charge in [-0.1, -0.05) is 68.3 Å². The zero-order valence-corrected chi connectivity index (χ0v) is 24.4. The van der Waals surface area contributed by atoms with Gasteiger partial charge in [-0.2, -0.15) is 0 Å². The highest BCUT2D eigenvalue weighted by atomic mass is 32.2. The van der Waals surface area contributed by atoms with Crippen LogP contribution in [0, 0.1) is 19.7 Å². The first kappa shape index (κ1) is 30.8. The van der Waals surface area contributed by atoms with Crippen LogP contribution in [0.5, 0.6) is 0 Å². The van der Waals surface area contributed by atoms with Gasteiger partial charge >= 0.3 is 0 Å². The van der Waals surface area contributed by atoms with E-state index in [2.05, 4.69) is 5.32 Å². The van der Waals surface area contributed by atoms with Crippen LogP contribution in [0.3, 0.4) is 0 Å². The van der Waals surface area contributed by atoms with Gasteiger partial charge in [-0.15, -0.1) is 0 Å². The molecule has 1 N–H and O–H groups in total. The fourth-order valence-corrected chi connectivity index (χ4v) is 6.03. The lowest BCUT2D eigenvalue weighted by Crippen LogP contribution is -2.52. The molecule has 0 bridgehead atoms. The molecule has 3 rings (SSSR count). The van der Waals surface area contributed by atoms with Crippen LogP contribution in [0.4, 0.5) is 10.1 Å². The zero-order chi connectivity index (χ0) is 29.3. The standard InChI is InChI=1S/C31H38FN3O4S/c1-5-7-19-33-31(37)28(6-2)34(21-25-14-16-26(32)17-15-25)30(36)22-35(29-18-13-23(3)20-24(29)4)40(38,39)27-11-9-8-10-12-27/h8-18,20,28H,5-7,19,21-22H2,1-4H3,(H,33,37)/t28-/m1/s1. The molecule has 9 heteroatoms. The Labute approximate surface area is 237 Å². The summed E-state index contributed by atoms with van der Waals surface area (Å²) in [5.41, 5.74) is 2.66. The molecule has 0 spiro atoms. The number of anilines is 1. The van der Waals surface area contributed by atoms with E-state index in [-0.39, 0.29) is 17.3 Å². The fourth-order valence-electron chi connectivity index (χ4n) is 4.53. The van der Waals surface area contributed by atoms with Gasteiger partial charge in [-0.05, 0) is 68.1 Å². The second kappa shape index (κ2) is 14.1. The molecule has 0 heterocycles. The second-order valence-electron chi connectivity index (χ2n) is 9.83. The van der Waals surface area contributed by atoms with Gasteiger partial charge in [-0.3, -0.25) is 13.9 Å². The highest BCUT2D eigenvalue weighted by Crippen LogP contribution is 2.28. The van der Waals surface area contributed by atoms with Crippen LogP contribution >= 0.6 is 0 Å². The summed E-state index contributed by atoms with van der Waals surface area (Å²) in [6.45, 7) is 7.51. The van der Waals surface area contributed by atoms with Crippen LogP contribution < -0.4 is 9.62 Å². The number of halogens is 1. The quantitative estimate of drug-likeness (QED) is 0.282. The van der Waals surface area contributed by atoms with E-state index in [4.69, 9.17) is 0 Å². The largest absolute Gasteiger partial charge is 0.354 e. The Morgan fingerprint density at radius 3 is 2.23 bits per heavy atom. The van der Waals surface area contributed by atoms with Crippen molar-refractivity contribution in [3.05, 3.63) is 95.3 Å². The topological polar surface area (TPSA) is 86.8 Å². The summed E-state index contributed by atoms with van der Waals surface area (Å²) in [5.74, 6) is -1.27. The number of nitrogens with one attached hydrogen (secondary N) is 1. The Morgan fingerprint density at radius 2 is 1.62 bits per heavy atom. The molecular weight excluding hydrogens is 529 g/mol. The van der Waals surface area contributed by atoms with Gasteiger partial charge in [0, 0.05) is 13.1 Å². The van der Waals surface area contributed by atoms with Gasteiger partial charge in [0.15, 0.2) is 0 Å². The van der Waals surface area contributed by atoms with Crippen LogP contribution in [0.25, 0.3) is 0 Å². The van der Waals surface area contributed by atoms with Crippen LogP contribution in [0.1, 0.15) is 49.8 Å². The van der Waals surface area contributed by atoms with E-state index in [1.165, 1.54) is 29.2 Å². The first-order valence-electron chi connectivity index (χ1n) is 13.5. The number of carbonyl (C=O) groups excluding carboxylic acids is 2. The molecule has 0 saturated heterocycles. The van der Waals surface area contributed by atoms with Crippen molar-refractivity contribution in [1.29, 1.82) is 0 Å². The molecule has 0 saturated carbocycles. The van der Waals surface area contributed by atoms with Crippen LogP contribution in [-0.2, 0) is 26.2 Å². The van der Waals surface area contributed by atoms with E-state index < -0.39 is 34.3 Å². The van der Waals surface area contributed by atoms with E-state index >= 15 is 0 Å². The monoisotopic (exact) mass is 567 g/mol. The number of nitrogens with zero attached hydrogens (tertiary/aromatic N) is 2. The molecule has 3 aromatic carbocycles. The Bertz CT molecular complexity index is 1400. The minimum Gasteiger partial charge on any atom is -0.354 e. The third-order valence-electron chi connectivity index (χ3n) is 6.71. The third-order valence-corrected chi connectivity index (χ3v) is 8.49. The summed E-state index contributed by atoms with van der Waals surface area (Å²) in [5, 5.41) is 2.90. The summed E-state index contributed by atoms with van der Waals surface area (Å²) in [6, 6.07) is 18.2. The lowest BCUT2D eigenvalue weighted by atomic mass is 10.1. The number of hydrogen-bond donors (Lipinski definition) is 1. The number of rotatable bonds is 13. The van der Waals surface area contributed by atoms with Gasteiger partial charge in [0.25, 0.3) is 10.0 Å². The van der Waals surface area contributed by atoms with Crippen molar-refractivity contribution in [2.75, 3.05) is 17.4 Å². The van der Waals surface area contributed by atoms with Gasteiger partial charge in [0.2, 0.25) is 11.8 Å². The van der Waals surface area contributed by atoms with Crippen molar-refractivity contribution >= 4 is 27.5 Å². The summed E-state index contributed by atoms with van der Waals surface area (Å²) in [6.07, 6.45) is 2.02. The Balaban J connectivity index is 2.05. The van der Waals surface area contributed by atoms with E-state index in [1.54, 1.807) is 56.3 Å². The number of unbranched alkanes of at least 4 members (excludes halogenated alkanes) is 1.